The number of ether oxygens (including phenoxy) is 1. The number of rotatable bonds is 10. The third-order valence-electron chi connectivity index (χ3n) is 4.22. The van der Waals surface area contributed by atoms with Crippen molar-refractivity contribution in [1.29, 1.82) is 0 Å². The number of carboxylic acid groups (broad SMARTS) is 2. The summed E-state index contributed by atoms with van der Waals surface area (Å²) in [6, 6.07) is 0. The summed E-state index contributed by atoms with van der Waals surface area (Å²) in [5, 5.41) is 18.8. The van der Waals surface area contributed by atoms with Crippen LogP contribution >= 0.6 is 0 Å². The first kappa shape index (κ1) is 19.6. The average molecular weight is 327 g/mol. The highest BCUT2D eigenvalue weighted by molar-refractivity contribution is 5.98. The first-order valence-corrected chi connectivity index (χ1v) is 8.44. The lowest BCUT2D eigenvalue weighted by molar-refractivity contribution is -0.136. The molecule has 1 atom stereocenters. The van der Waals surface area contributed by atoms with Gasteiger partial charge in [-0.1, -0.05) is 26.7 Å². The lowest BCUT2D eigenvalue weighted by atomic mass is 9.92. The van der Waals surface area contributed by atoms with Crippen LogP contribution in [0.5, 0.6) is 0 Å². The largest absolute Gasteiger partial charge is 0.478 e. The van der Waals surface area contributed by atoms with E-state index in [0.29, 0.717) is 32.5 Å². The zero-order valence-electron chi connectivity index (χ0n) is 14.2. The molecular formula is C17H29NO5. The van der Waals surface area contributed by atoms with Crippen LogP contribution in [-0.2, 0) is 14.3 Å². The van der Waals surface area contributed by atoms with Crippen LogP contribution in [0.2, 0.25) is 0 Å². The quantitative estimate of drug-likeness (QED) is 0.599. The number of aliphatic carboxylic acids is 2. The molecule has 1 aliphatic rings. The first-order valence-electron chi connectivity index (χ1n) is 8.44. The number of hydrogen-bond acceptors (Lipinski definition) is 4. The molecule has 0 aromatic rings. The van der Waals surface area contributed by atoms with Gasteiger partial charge in [0.2, 0.25) is 0 Å². The zero-order valence-corrected chi connectivity index (χ0v) is 14.2. The van der Waals surface area contributed by atoms with E-state index in [1.165, 1.54) is 0 Å². The fourth-order valence-electron chi connectivity index (χ4n) is 2.97. The molecule has 0 aromatic heterocycles. The van der Waals surface area contributed by atoms with E-state index in [2.05, 4.69) is 4.90 Å². The van der Waals surface area contributed by atoms with Crippen LogP contribution in [0.1, 0.15) is 46.0 Å². The summed E-state index contributed by atoms with van der Waals surface area (Å²) in [4.78, 5) is 25.2. The molecule has 0 radical (unpaired) electrons. The third-order valence-corrected chi connectivity index (χ3v) is 4.22. The molecular weight excluding hydrogens is 298 g/mol. The minimum absolute atomic E-state index is 0.0636. The van der Waals surface area contributed by atoms with E-state index >= 15 is 0 Å². The molecule has 0 bridgehead atoms. The lowest BCUT2D eigenvalue weighted by Gasteiger charge is -2.26. The van der Waals surface area contributed by atoms with Gasteiger partial charge in [-0.05, 0) is 31.7 Å². The summed E-state index contributed by atoms with van der Waals surface area (Å²) < 4.78 is 5.28. The summed E-state index contributed by atoms with van der Waals surface area (Å²) in [5.41, 5.74) is 0.133. The molecule has 6 heteroatoms. The zero-order chi connectivity index (χ0) is 17.2. The molecule has 1 rings (SSSR count). The van der Waals surface area contributed by atoms with Crippen molar-refractivity contribution in [3.63, 3.8) is 0 Å². The van der Waals surface area contributed by atoms with E-state index in [4.69, 9.17) is 4.74 Å². The smallest absolute Gasteiger partial charge is 0.332 e. The van der Waals surface area contributed by atoms with Gasteiger partial charge in [0, 0.05) is 24.2 Å². The number of nitrogens with zero attached hydrogens (tertiary/aromatic N) is 1. The molecule has 132 valence electrons. The molecule has 0 spiro atoms. The summed E-state index contributed by atoms with van der Waals surface area (Å²) in [7, 11) is 0. The number of carbonyl (C=O) groups is 2. The standard InChI is InChI=1S/C17H29NO5/c1-3-5-13(2)12-15(17(21)22)14(16(19)20)6-4-7-18-8-10-23-11-9-18/h13H,3-12H2,1-2H3,(H,19,20)(H,21,22)/b15-14+. The second kappa shape index (κ2) is 10.4. The molecule has 0 aromatic carbocycles. The maximum absolute atomic E-state index is 11.5. The van der Waals surface area contributed by atoms with Crippen molar-refractivity contribution in [2.24, 2.45) is 5.92 Å². The highest BCUT2D eigenvalue weighted by Crippen LogP contribution is 2.22. The van der Waals surface area contributed by atoms with E-state index in [1.807, 2.05) is 13.8 Å². The predicted molar refractivity (Wildman–Crippen MR) is 87.5 cm³/mol. The minimum Gasteiger partial charge on any atom is -0.478 e. The molecule has 23 heavy (non-hydrogen) atoms. The Labute approximate surface area is 138 Å². The second-order valence-corrected chi connectivity index (χ2v) is 6.22. The van der Waals surface area contributed by atoms with Crippen LogP contribution in [-0.4, -0.2) is 59.9 Å². The van der Waals surface area contributed by atoms with Crippen molar-refractivity contribution in [2.75, 3.05) is 32.8 Å². The van der Waals surface area contributed by atoms with Crippen LogP contribution in [0.4, 0.5) is 0 Å². The van der Waals surface area contributed by atoms with Crippen LogP contribution in [0.15, 0.2) is 11.1 Å². The molecule has 6 nitrogen and oxygen atoms in total. The lowest BCUT2D eigenvalue weighted by Crippen LogP contribution is -2.36. The average Bonchev–Trinajstić information content (AvgIpc) is 2.50. The number of morpholine rings is 1. The Kier molecular flexibility index (Phi) is 8.87. The van der Waals surface area contributed by atoms with Gasteiger partial charge in [-0.2, -0.15) is 0 Å². The monoisotopic (exact) mass is 327 g/mol. The normalized spacial score (nSPS) is 18.3. The van der Waals surface area contributed by atoms with Gasteiger partial charge < -0.3 is 14.9 Å². The fraction of sp³-hybridized carbons (Fsp3) is 0.765. The first-order chi connectivity index (χ1) is 11.0. The van der Waals surface area contributed by atoms with Crippen LogP contribution in [0.3, 0.4) is 0 Å². The molecule has 1 unspecified atom stereocenters. The predicted octanol–water partition coefficient (Wildman–Crippen LogP) is 2.39. The molecule has 1 aliphatic heterocycles. The molecule has 1 saturated heterocycles. The van der Waals surface area contributed by atoms with E-state index in [0.717, 1.165) is 32.5 Å². The second-order valence-electron chi connectivity index (χ2n) is 6.22. The van der Waals surface area contributed by atoms with Gasteiger partial charge in [-0.25, -0.2) is 9.59 Å². The molecule has 2 N–H and O–H groups in total. The summed E-state index contributed by atoms with van der Waals surface area (Å²) >= 11 is 0. The van der Waals surface area contributed by atoms with E-state index in [1.54, 1.807) is 0 Å². The minimum atomic E-state index is -1.10. The van der Waals surface area contributed by atoms with Gasteiger partial charge in [0.25, 0.3) is 0 Å². The molecule has 1 fully saturated rings. The highest BCUT2D eigenvalue weighted by atomic mass is 16.5. The fourth-order valence-corrected chi connectivity index (χ4v) is 2.97. The van der Waals surface area contributed by atoms with Crippen molar-refractivity contribution in [3.05, 3.63) is 11.1 Å². The topological polar surface area (TPSA) is 87.1 Å². The van der Waals surface area contributed by atoms with Gasteiger partial charge in [0.05, 0.1) is 13.2 Å². The Morgan fingerprint density at radius 1 is 1.13 bits per heavy atom. The van der Waals surface area contributed by atoms with Crippen molar-refractivity contribution in [2.45, 2.75) is 46.0 Å². The Morgan fingerprint density at radius 3 is 2.26 bits per heavy atom. The van der Waals surface area contributed by atoms with Gasteiger partial charge in [0.1, 0.15) is 0 Å². The van der Waals surface area contributed by atoms with Gasteiger partial charge >= 0.3 is 11.9 Å². The molecule has 1 heterocycles. The van der Waals surface area contributed by atoms with Crippen molar-refractivity contribution < 1.29 is 24.5 Å². The van der Waals surface area contributed by atoms with E-state index in [9.17, 15) is 19.8 Å². The van der Waals surface area contributed by atoms with Gasteiger partial charge in [-0.15, -0.1) is 0 Å². The summed E-state index contributed by atoms with van der Waals surface area (Å²) in [5.74, 6) is -2.02. The van der Waals surface area contributed by atoms with Crippen molar-refractivity contribution in [3.8, 4) is 0 Å². The van der Waals surface area contributed by atoms with Gasteiger partial charge in [0.15, 0.2) is 0 Å². The van der Waals surface area contributed by atoms with Crippen LogP contribution in [0.25, 0.3) is 0 Å². The van der Waals surface area contributed by atoms with Crippen LogP contribution in [0, 0.1) is 5.92 Å². The number of carboxylic acids is 2. The molecule has 0 saturated carbocycles. The van der Waals surface area contributed by atoms with Crippen LogP contribution < -0.4 is 0 Å². The molecule has 0 amide bonds. The van der Waals surface area contributed by atoms with Crippen molar-refractivity contribution >= 4 is 11.9 Å². The number of hydrogen-bond donors (Lipinski definition) is 2. The summed E-state index contributed by atoms with van der Waals surface area (Å²) in [6.45, 7) is 7.91. The maximum Gasteiger partial charge on any atom is 0.332 e. The Bertz CT molecular complexity index is 427. The molecule has 0 aliphatic carbocycles. The van der Waals surface area contributed by atoms with E-state index in [-0.39, 0.29) is 17.1 Å². The van der Waals surface area contributed by atoms with Crippen molar-refractivity contribution in [1.82, 2.24) is 4.90 Å². The SMILES string of the molecule is CCCC(C)C/C(C(=O)O)=C(/CCCN1CCOCC1)C(=O)O. The Balaban J connectivity index is 2.69. The Hall–Kier alpha value is -1.40. The van der Waals surface area contributed by atoms with E-state index < -0.39 is 11.9 Å². The van der Waals surface area contributed by atoms with Gasteiger partial charge in [-0.3, -0.25) is 4.90 Å². The maximum atomic E-state index is 11.5. The summed E-state index contributed by atoms with van der Waals surface area (Å²) in [6.07, 6.45) is 3.14. The third kappa shape index (κ3) is 7.14. The highest BCUT2D eigenvalue weighted by Gasteiger charge is 2.22. The Morgan fingerprint density at radius 2 is 1.74 bits per heavy atom.